The van der Waals surface area contributed by atoms with E-state index in [4.69, 9.17) is 4.74 Å². The van der Waals surface area contributed by atoms with Gasteiger partial charge in [0.15, 0.2) is 5.69 Å². The molecule has 4 aliphatic rings. The van der Waals surface area contributed by atoms with Gasteiger partial charge in [0.1, 0.15) is 11.4 Å². The molecule has 1 aliphatic heterocycles. The largest absolute Gasteiger partial charge is 0.444 e. The van der Waals surface area contributed by atoms with E-state index in [1.54, 1.807) is 4.90 Å². The molecule has 39 heavy (non-hydrogen) atoms. The van der Waals surface area contributed by atoms with Crippen molar-refractivity contribution < 1.29 is 31.9 Å². The molecule has 0 atom stereocenters. The molecular formula is C28H34F4N4O3. The van der Waals surface area contributed by atoms with E-state index in [1.165, 1.54) is 28.9 Å². The molecule has 3 fully saturated rings. The van der Waals surface area contributed by atoms with Crippen LogP contribution in [-0.2, 0) is 35.2 Å². The van der Waals surface area contributed by atoms with Crippen LogP contribution < -0.4 is 5.32 Å². The van der Waals surface area contributed by atoms with Gasteiger partial charge in [0.2, 0.25) is 5.91 Å². The van der Waals surface area contributed by atoms with Crippen molar-refractivity contribution >= 4 is 12.0 Å². The van der Waals surface area contributed by atoms with Crippen molar-refractivity contribution in [2.24, 2.45) is 5.41 Å². The number of hydrogen-bond acceptors (Lipinski definition) is 4. The lowest BCUT2D eigenvalue weighted by Crippen LogP contribution is -2.60. The van der Waals surface area contributed by atoms with E-state index in [-0.39, 0.29) is 37.5 Å². The number of carbonyl (C=O) groups excluding carboxylic acids is 2. The number of fused-ring (bicyclic) bond motifs is 4. The third-order valence-corrected chi connectivity index (χ3v) is 8.41. The van der Waals surface area contributed by atoms with Crippen molar-refractivity contribution in [3.05, 3.63) is 52.6 Å². The van der Waals surface area contributed by atoms with Gasteiger partial charge in [0.25, 0.3) is 0 Å². The molecule has 2 amide bonds. The van der Waals surface area contributed by atoms with Gasteiger partial charge in [0, 0.05) is 23.1 Å². The highest BCUT2D eigenvalue weighted by molar-refractivity contribution is 5.83. The SMILES string of the molecule is CC(C)(C)OC(=O)NC12CCC(C(=O)N3CCc4c(C(F)(F)F)nn(Cc5ccc(F)cc5)c4C3)(CC1)CC2. The lowest BCUT2D eigenvalue weighted by molar-refractivity contribution is -0.150. The predicted molar refractivity (Wildman–Crippen MR) is 134 cm³/mol. The average Bonchev–Trinajstić information content (AvgIpc) is 3.23. The van der Waals surface area contributed by atoms with Crippen LogP contribution in [0.1, 0.15) is 81.8 Å². The summed E-state index contributed by atoms with van der Waals surface area (Å²) in [5.41, 5.74) is -1.39. The summed E-state index contributed by atoms with van der Waals surface area (Å²) < 4.78 is 61.6. The number of nitrogens with zero attached hydrogens (tertiary/aromatic N) is 3. The Hall–Kier alpha value is -3.11. The van der Waals surface area contributed by atoms with Crippen molar-refractivity contribution in [2.45, 2.75) is 96.1 Å². The fourth-order valence-corrected chi connectivity index (χ4v) is 6.32. The normalized spacial score (nSPS) is 24.8. The number of benzene rings is 1. The average molecular weight is 551 g/mol. The van der Waals surface area contributed by atoms with E-state index >= 15 is 0 Å². The van der Waals surface area contributed by atoms with Crippen molar-refractivity contribution in [1.29, 1.82) is 0 Å². The Labute approximate surface area is 224 Å². The van der Waals surface area contributed by atoms with E-state index < -0.39 is 40.3 Å². The van der Waals surface area contributed by atoms with E-state index in [0.717, 1.165) is 0 Å². The van der Waals surface area contributed by atoms with Gasteiger partial charge in [-0.25, -0.2) is 9.18 Å². The second-order valence-corrected chi connectivity index (χ2v) is 12.2. The molecule has 1 aromatic heterocycles. The number of amides is 2. The maximum atomic E-state index is 13.9. The van der Waals surface area contributed by atoms with E-state index in [1.807, 2.05) is 20.8 Å². The van der Waals surface area contributed by atoms with Crippen LogP contribution >= 0.6 is 0 Å². The quantitative estimate of drug-likeness (QED) is 0.504. The summed E-state index contributed by atoms with van der Waals surface area (Å²) in [6.45, 7) is 5.71. The van der Waals surface area contributed by atoms with Crippen molar-refractivity contribution in [3.8, 4) is 0 Å². The highest BCUT2D eigenvalue weighted by Crippen LogP contribution is 2.53. The first-order valence-electron chi connectivity index (χ1n) is 13.4. The van der Waals surface area contributed by atoms with Gasteiger partial charge in [-0.2, -0.15) is 18.3 Å². The summed E-state index contributed by atoms with van der Waals surface area (Å²) in [6, 6.07) is 5.55. The summed E-state index contributed by atoms with van der Waals surface area (Å²) in [5, 5.41) is 6.95. The predicted octanol–water partition coefficient (Wildman–Crippen LogP) is 5.59. The van der Waals surface area contributed by atoms with Gasteiger partial charge in [0.05, 0.1) is 18.8 Å². The maximum Gasteiger partial charge on any atom is 0.435 e. The molecule has 212 valence electrons. The third-order valence-electron chi connectivity index (χ3n) is 8.41. The minimum Gasteiger partial charge on any atom is -0.444 e. The Kier molecular flexibility index (Phi) is 6.70. The monoisotopic (exact) mass is 550 g/mol. The molecule has 1 aromatic carbocycles. The first-order valence-corrected chi connectivity index (χ1v) is 13.4. The van der Waals surface area contributed by atoms with Crippen LogP contribution in [0.4, 0.5) is 22.4 Å². The minimum atomic E-state index is -4.61. The second kappa shape index (κ2) is 9.52. The van der Waals surface area contributed by atoms with Crippen molar-refractivity contribution in [2.75, 3.05) is 6.54 Å². The molecule has 6 rings (SSSR count). The summed E-state index contributed by atoms with van der Waals surface area (Å²) >= 11 is 0. The number of hydrogen-bond donors (Lipinski definition) is 1. The van der Waals surface area contributed by atoms with E-state index in [0.29, 0.717) is 49.8 Å². The van der Waals surface area contributed by atoms with Gasteiger partial charge in [-0.3, -0.25) is 9.48 Å². The molecule has 3 saturated carbocycles. The highest BCUT2D eigenvalue weighted by atomic mass is 19.4. The molecule has 2 heterocycles. The number of halogens is 4. The molecule has 2 aromatic rings. The zero-order valence-corrected chi connectivity index (χ0v) is 22.5. The lowest BCUT2D eigenvalue weighted by Gasteiger charge is -2.53. The first kappa shape index (κ1) is 27.5. The lowest BCUT2D eigenvalue weighted by atomic mass is 9.56. The molecular weight excluding hydrogens is 516 g/mol. The highest BCUT2D eigenvalue weighted by Gasteiger charge is 2.54. The first-order chi connectivity index (χ1) is 18.2. The number of carbonyl (C=O) groups is 2. The number of nitrogens with one attached hydrogen (secondary N) is 1. The molecule has 3 aliphatic carbocycles. The number of ether oxygens (including phenoxy) is 1. The fraction of sp³-hybridized carbons (Fsp3) is 0.607. The standard InChI is InChI=1S/C28H34F4N4O3/c1-25(2,3)39-24(38)33-27-12-9-26(10-13-27,11-14-27)23(37)35-15-8-20-21(17-35)36(34-22(20)28(30,31)32)16-18-4-6-19(29)7-5-18/h4-7H,8-17H2,1-3H3,(H,33,38). The van der Waals surface area contributed by atoms with E-state index in [9.17, 15) is 27.2 Å². The molecule has 0 radical (unpaired) electrons. The number of alkyl carbamates (subject to hydrolysis) is 1. The molecule has 7 nitrogen and oxygen atoms in total. The number of aromatic nitrogens is 2. The number of rotatable bonds is 4. The Morgan fingerprint density at radius 1 is 1.03 bits per heavy atom. The third kappa shape index (κ3) is 5.49. The fourth-order valence-electron chi connectivity index (χ4n) is 6.32. The Morgan fingerprint density at radius 2 is 1.64 bits per heavy atom. The van der Waals surface area contributed by atoms with Gasteiger partial charge < -0.3 is 15.0 Å². The molecule has 2 bridgehead atoms. The summed E-state index contributed by atoms with van der Waals surface area (Å²) in [7, 11) is 0. The zero-order valence-electron chi connectivity index (χ0n) is 22.5. The van der Waals surface area contributed by atoms with Crippen LogP contribution in [0, 0.1) is 11.2 Å². The van der Waals surface area contributed by atoms with Crippen molar-refractivity contribution in [1.82, 2.24) is 20.0 Å². The Balaban J connectivity index is 1.32. The summed E-state index contributed by atoms with van der Waals surface area (Å²) in [6.07, 6.45) is -1.23. The van der Waals surface area contributed by atoms with Crippen LogP contribution in [0.3, 0.4) is 0 Å². The molecule has 0 unspecified atom stereocenters. The van der Waals surface area contributed by atoms with Crippen LogP contribution in [-0.4, -0.2) is 44.4 Å². The molecule has 1 N–H and O–H groups in total. The van der Waals surface area contributed by atoms with Crippen LogP contribution in [0.2, 0.25) is 0 Å². The zero-order chi connectivity index (χ0) is 28.2. The second-order valence-electron chi connectivity index (χ2n) is 12.2. The molecule has 0 spiro atoms. The van der Waals surface area contributed by atoms with Crippen molar-refractivity contribution in [3.63, 3.8) is 0 Å². The Bertz CT molecular complexity index is 1240. The van der Waals surface area contributed by atoms with Gasteiger partial charge in [-0.05, 0) is 83.4 Å². The van der Waals surface area contributed by atoms with Crippen LogP contribution in [0.25, 0.3) is 0 Å². The Morgan fingerprint density at radius 3 is 2.21 bits per heavy atom. The molecule has 11 heteroatoms. The summed E-state index contributed by atoms with van der Waals surface area (Å²) in [5.74, 6) is -0.472. The van der Waals surface area contributed by atoms with Gasteiger partial charge in [-0.15, -0.1) is 0 Å². The minimum absolute atomic E-state index is 0.0400. The topological polar surface area (TPSA) is 76.5 Å². The molecule has 0 saturated heterocycles. The smallest absolute Gasteiger partial charge is 0.435 e. The summed E-state index contributed by atoms with van der Waals surface area (Å²) in [4.78, 5) is 28.0. The maximum absolute atomic E-state index is 13.9. The number of alkyl halides is 3. The van der Waals surface area contributed by atoms with Crippen LogP contribution in [0.5, 0.6) is 0 Å². The van der Waals surface area contributed by atoms with E-state index in [2.05, 4.69) is 10.4 Å². The van der Waals surface area contributed by atoms with Gasteiger partial charge in [-0.1, -0.05) is 12.1 Å². The van der Waals surface area contributed by atoms with Crippen LogP contribution in [0.15, 0.2) is 24.3 Å². The van der Waals surface area contributed by atoms with Gasteiger partial charge >= 0.3 is 12.3 Å².